The van der Waals surface area contributed by atoms with Gasteiger partial charge in [-0.05, 0) is 19.1 Å². The lowest BCUT2D eigenvalue weighted by Crippen LogP contribution is -2.45. The lowest BCUT2D eigenvalue weighted by molar-refractivity contribution is -0.144. The van der Waals surface area contributed by atoms with Crippen molar-refractivity contribution in [1.82, 2.24) is 5.32 Å². The Kier molecular flexibility index (Phi) is 7.00. The maximum atomic E-state index is 15.0. The van der Waals surface area contributed by atoms with E-state index in [0.29, 0.717) is 12.1 Å². The number of ether oxygens (including phenoxy) is 2. The number of rotatable bonds is 5. The predicted octanol–water partition coefficient (Wildman–Crippen LogP) is 3.20. The molecule has 3 rings (SSSR count). The second kappa shape index (κ2) is 9.17. The van der Waals surface area contributed by atoms with Crippen molar-refractivity contribution >= 4 is 33.4 Å². The van der Waals surface area contributed by atoms with Crippen molar-refractivity contribution in [2.75, 3.05) is 25.3 Å². The Bertz CT molecular complexity index is 1210. The van der Waals surface area contributed by atoms with Gasteiger partial charge in [0.05, 0.1) is 52.0 Å². The molecular formula is C20H17ClF5NO6S. The van der Waals surface area contributed by atoms with E-state index in [1.807, 2.05) is 0 Å². The zero-order valence-corrected chi connectivity index (χ0v) is 19.1. The van der Waals surface area contributed by atoms with E-state index in [9.17, 15) is 35.6 Å². The van der Waals surface area contributed by atoms with Crippen molar-refractivity contribution in [1.29, 1.82) is 0 Å². The number of methoxy groups -OCH3 is 1. The molecule has 0 aromatic heterocycles. The molecule has 0 saturated carbocycles. The summed E-state index contributed by atoms with van der Waals surface area (Å²) in [6.07, 6.45) is -6.33. The van der Waals surface area contributed by atoms with E-state index in [0.717, 1.165) is 7.11 Å². The number of benzene rings is 1. The summed E-state index contributed by atoms with van der Waals surface area (Å²) >= 11 is 5.74. The number of esters is 2. The Balaban J connectivity index is 2.28. The van der Waals surface area contributed by atoms with Crippen molar-refractivity contribution in [3.8, 4) is 0 Å². The normalized spacial score (nSPS) is 20.5. The monoisotopic (exact) mass is 529 g/mol. The minimum Gasteiger partial charge on any atom is -0.466 e. The molecule has 2 aliphatic rings. The predicted molar refractivity (Wildman–Crippen MR) is 109 cm³/mol. The molecule has 14 heteroatoms. The largest absolute Gasteiger partial charge is 0.466 e. The highest BCUT2D eigenvalue weighted by atomic mass is 35.5. The Hall–Kier alpha value is -2.67. The van der Waals surface area contributed by atoms with E-state index in [2.05, 4.69) is 10.1 Å². The van der Waals surface area contributed by atoms with Crippen LogP contribution in [0.3, 0.4) is 0 Å². The van der Waals surface area contributed by atoms with E-state index >= 15 is 4.39 Å². The first-order valence-corrected chi connectivity index (χ1v) is 11.7. The fourth-order valence-electron chi connectivity index (χ4n) is 3.85. The first-order valence-electron chi connectivity index (χ1n) is 9.53. The molecule has 1 N–H and O–H groups in total. The molecular weight excluding hydrogens is 513 g/mol. The Labute approximate surface area is 195 Å². The molecule has 0 amide bonds. The summed E-state index contributed by atoms with van der Waals surface area (Å²) in [7, 11) is -2.57. The fourth-order valence-corrected chi connectivity index (χ4v) is 5.29. The molecule has 34 heavy (non-hydrogen) atoms. The first-order chi connectivity index (χ1) is 15.7. The summed E-state index contributed by atoms with van der Waals surface area (Å²) < 4.78 is 103. The third-order valence-corrected chi connectivity index (χ3v) is 7.34. The number of sulfone groups is 1. The molecule has 186 valence electrons. The highest BCUT2D eigenvalue weighted by Crippen LogP contribution is 2.48. The maximum absolute atomic E-state index is 15.0. The van der Waals surface area contributed by atoms with Crippen LogP contribution >= 0.6 is 11.6 Å². The van der Waals surface area contributed by atoms with Crippen LogP contribution in [-0.2, 0) is 35.1 Å². The number of halogens is 6. The van der Waals surface area contributed by atoms with E-state index in [4.69, 9.17) is 16.3 Å². The molecule has 0 radical (unpaired) electrons. The quantitative estimate of drug-likeness (QED) is 0.462. The van der Waals surface area contributed by atoms with Gasteiger partial charge in [-0.15, -0.1) is 0 Å². The van der Waals surface area contributed by atoms with Crippen molar-refractivity contribution in [3.05, 3.63) is 56.6 Å². The number of allylic oxidation sites excluding steroid dienone is 2. The zero-order chi connectivity index (χ0) is 25.6. The van der Waals surface area contributed by atoms with Crippen LogP contribution in [0.5, 0.6) is 0 Å². The van der Waals surface area contributed by atoms with Crippen LogP contribution < -0.4 is 5.32 Å². The molecule has 0 spiro atoms. The minimum atomic E-state index is -5.23. The number of carbonyl (C=O) groups excluding carboxylic acids is 2. The maximum Gasteiger partial charge on any atom is 0.418 e. The van der Waals surface area contributed by atoms with Gasteiger partial charge in [-0.25, -0.2) is 26.8 Å². The molecule has 0 bridgehead atoms. The summed E-state index contributed by atoms with van der Waals surface area (Å²) in [5.41, 5.74) is -5.12. The van der Waals surface area contributed by atoms with Gasteiger partial charge < -0.3 is 14.8 Å². The SMILES string of the molecule is COC(=O)C1=C(CF)NC(C)=C(C(=O)OC2CS(=O)(=O)C2)C1c1c(F)ccc(Cl)c1C(F)(F)F. The third-order valence-electron chi connectivity index (χ3n) is 5.27. The topological polar surface area (TPSA) is 98.8 Å². The highest BCUT2D eigenvalue weighted by molar-refractivity contribution is 7.92. The Morgan fingerprint density at radius 3 is 2.29 bits per heavy atom. The number of alkyl halides is 4. The summed E-state index contributed by atoms with van der Waals surface area (Å²) in [6, 6.07) is 1.26. The van der Waals surface area contributed by atoms with Crippen LogP contribution in [0.4, 0.5) is 22.0 Å². The van der Waals surface area contributed by atoms with Crippen LogP contribution in [0.1, 0.15) is 24.0 Å². The van der Waals surface area contributed by atoms with E-state index in [1.54, 1.807) is 0 Å². The second-order valence-electron chi connectivity index (χ2n) is 7.53. The average Bonchev–Trinajstić information content (AvgIpc) is 2.71. The molecule has 1 aromatic carbocycles. The lowest BCUT2D eigenvalue weighted by Gasteiger charge is -2.33. The number of nitrogens with one attached hydrogen (secondary N) is 1. The van der Waals surface area contributed by atoms with Gasteiger partial charge in [-0.3, -0.25) is 0 Å². The minimum absolute atomic E-state index is 0.231. The lowest BCUT2D eigenvalue weighted by atomic mass is 9.78. The van der Waals surface area contributed by atoms with Gasteiger partial charge >= 0.3 is 18.1 Å². The third kappa shape index (κ3) is 4.76. The summed E-state index contributed by atoms with van der Waals surface area (Å²) in [4.78, 5) is 25.5. The summed E-state index contributed by atoms with van der Waals surface area (Å²) in [5.74, 6) is -7.29. The van der Waals surface area contributed by atoms with Gasteiger partial charge in [-0.1, -0.05) is 11.6 Å². The van der Waals surface area contributed by atoms with Crippen molar-refractivity contribution < 1.29 is 49.4 Å². The van der Waals surface area contributed by atoms with Gasteiger partial charge in [0.15, 0.2) is 9.84 Å². The van der Waals surface area contributed by atoms with E-state index < -0.39 is 97.0 Å². The Morgan fingerprint density at radius 2 is 1.79 bits per heavy atom. The number of hydrogen-bond acceptors (Lipinski definition) is 7. The summed E-state index contributed by atoms with van der Waals surface area (Å²) in [5, 5.41) is 1.48. The summed E-state index contributed by atoms with van der Waals surface area (Å²) in [6.45, 7) is -0.217. The zero-order valence-electron chi connectivity index (χ0n) is 17.6. The number of dihydropyridines is 1. The molecule has 2 heterocycles. The van der Waals surface area contributed by atoms with Gasteiger partial charge in [0.1, 0.15) is 18.6 Å². The molecule has 2 aliphatic heterocycles. The van der Waals surface area contributed by atoms with Crippen molar-refractivity contribution in [2.45, 2.75) is 25.1 Å². The van der Waals surface area contributed by atoms with Gasteiger partial charge in [0.2, 0.25) is 0 Å². The van der Waals surface area contributed by atoms with Gasteiger partial charge in [0, 0.05) is 11.3 Å². The molecule has 7 nitrogen and oxygen atoms in total. The second-order valence-corrected chi connectivity index (χ2v) is 10.1. The van der Waals surface area contributed by atoms with Crippen LogP contribution in [0, 0.1) is 5.82 Å². The molecule has 1 unspecified atom stereocenters. The molecule has 1 fully saturated rings. The average molecular weight is 530 g/mol. The standard InChI is InChI=1S/C20H17ClF5NO6S/c1-8-13(19(29)33-9-6-34(30,31)7-9)16(15(18(28)32-2)12(5-22)27-8)14-11(23)4-3-10(21)17(14)20(24,25)26/h3-4,9,16,27H,5-7H2,1-2H3. The van der Waals surface area contributed by atoms with E-state index in [1.165, 1.54) is 6.92 Å². The van der Waals surface area contributed by atoms with Crippen LogP contribution in [0.15, 0.2) is 34.7 Å². The Morgan fingerprint density at radius 1 is 1.18 bits per heavy atom. The smallest absolute Gasteiger partial charge is 0.418 e. The van der Waals surface area contributed by atoms with E-state index in [-0.39, 0.29) is 5.70 Å². The van der Waals surface area contributed by atoms with Crippen LogP contribution in [0.25, 0.3) is 0 Å². The van der Waals surface area contributed by atoms with Gasteiger partial charge in [0.25, 0.3) is 0 Å². The number of hydrogen-bond donors (Lipinski definition) is 1. The van der Waals surface area contributed by atoms with Crippen molar-refractivity contribution in [3.63, 3.8) is 0 Å². The van der Waals surface area contributed by atoms with Crippen LogP contribution in [0.2, 0.25) is 5.02 Å². The van der Waals surface area contributed by atoms with Crippen LogP contribution in [-0.4, -0.2) is 51.8 Å². The van der Waals surface area contributed by atoms with Crippen molar-refractivity contribution in [2.24, 2.45) is 0 Å². The fraction of sp³-hybridized carbons (Fsp3) is 0.400. The highest BCUT2D eigenvalue weighted by Gasteiger charge is 2.47. The molecule has 1 atom stereocenters. The molecule has 0 aliphatic carbocycles. The van der Waals surface area contributed by atoms with Gasteiger partial charge in [-0.2, -0.15) is 13.2 Å². The molecule has 1 aromatic rings. The first kappa shape index (κ1) is 25.9. The molecule has 1 saturated heterocycles. The number of carbonyl (C=O) groups is 2.